The smallest absolute Gasteiger partial charge is 0.462 e. The second-order valence-corrected chi connectivity index (χ2v) is 38.2. The lowest BCUT2D eigenvalue weighted by Crippen LogP contribution is -2.30. The minimum atomic E-state index is -4.97. The first kappa shape index (κ1) is 114. The van der Waals surface area contributed by atoms with Crippen LogP contribution in [0.15, 0.2) is 0 Å². The van der Waals surface area contributed by atoms with Crippen molar-refractivity contribution in [3.8, 4) is 0 Å². The molecule has 0 heterocycles. The lowest BCUT2D eigenvalue weighted by Gasteiger charge is -2.21. The summed E-state index contributed by atoms with van der Waals surface area (Å²) in [7, 11) is -9.94. The van der Waals surface area contributed by atoms with Crippen LogP contribution >= 0.6 is 15.6 Å². The number of esters is 4. The summed E-state index contributed by atoms with van der Waals surface area (Å²) in [5.41, 5.74) is 0. The van der Waals surface area contributed by atoms with Gasteiger partial charge in [0.05, 0.1) is 26.4 Å². The zero-order valence-electron chi connectivity index (χ0n) is 76.7. The molecule has 0 fully saturated rings. The van der Waals surface area contributed by atoms with Crippen molar-refractivity contribution in [2.45, 2.75) is 554 Å². The maximum absolute atomic E-state index is 13.2. The van der Waals surface area contributed by atoms with Gasteiger partial charge >= 0.3 is 39.5 Å². The highest BCUT2D eigenvalue weighted by Crippen LogP contribution is 2.45. The number of ether oxygens (including phenoxy) is 4. The lowest BCUT2D eigenvalue weighted by atomic mass is 10.0. The molecule has 0 rings (SSSR count). The number of aliphatic hydroxyl groups excluding tert-OH is 1. The third-order valence-electron chi connectivity index (χ3n) is 23.0. The first-order valence-corrected chi connectivity index (χ1v) is 53.1. The third kappa shape index (κ3) is 89.8. The predicted molar refractivity (Wildman–Crippen MR) is 483 cm³/mol. The van der Waals surface area contributed by atoms with Gasteiger partial charge in [0.25, 0.3) is 0 Å². The molecule has 0 aliphatic carbocycles. The molecule has 0 spiro atoms. The summed E-state index contributed by atoms with van der Waals surface area (Å²) in [6.45, 7) is 7.47. The summed E-state index contributed by atoms with van der Waals surface area (Å²) in [5.74, 6) is -1.26. The van der Waals surface area contributed by atoms with Gasteiger partial charge in [0, 0.05) is 25.7 Å². The molecule has 5 atom stereocenters. The zero-order valence-corrected chi connectivity index (χ0v) is 78.4. The van der Waals surface area contributed by atoms with E-state index < -0.39 is 97.5 Å². The molecule has 19 heteroatoms. The molecule has 116 heavy (non-hydrogen) atoms. The quantitative estimate of drug-likeness (QED) is 0.0222. The van der Waals surface area contributed by atoms with E-state index in [9.17, 15) is 43.2 Å². The molecule has 0 amide bonds. The predicted octanol–water partition coefficient (Wildman–Crippen LogP) is 30.7. The molecule has 17 nitrogen and oxygen atoms in total. The van der Waals surface area contributed by atoms with Gasteiger partial charge in [-0.25, -0.2) is 9.13 Å². The first-order chi connectivity index (χ1) is 56.5. The van der Waals surface area contributed by atoms with Crippen molar-refractivity contribution >= 4 is 39.5 Å². The monoisotopic (exact) mass is 1690 g/mol. The van der Waals surface area contributed by atoms with E-state index in [-0.39, 0.29) is 25.7 Å². The van der Waals surface area contributed by atoms with Gasteiger partial charge in [-0.15, -0.1) is 0 Å². The maximum atomic E-state index is 13.2. The van der Waals surface area contributed by atoms with Crippen LogP contribution < -0.4 is 0 Å². The van der Waals surface area contributed by atoms with Crippen molar-refractivity contribution in [1.29, 1.82) is 0 Å². The molecule has 0 aromatic carbocycles. The maximum Gasteiger partial charge on any atom is 0.472 e. The number of aliphatic hydroxyl groups is 1. The number of hydrogen-bond acceptors (Lipinski definition) is 15. The minimum Gasteiger partial charge on any atom is -0.462 e. The molecular weight excluding hydrogens is 1500 g/mol. The number of rotatable bonds is 97. The summed E-state index contributed by atoms with van der Waals surface area (Å²) >= 11 is 0. The van der Waals surface area contributed by atoms with Crippen molar-refractivity contribution in [3.63, 3.8) is 0 Å². The molecule has 0 bridgehead atoms. The Morgan fingerprint density at radius 2 is 0.397 bits per heavy atom. The highest BCUT2D eigenvalue weighted by Gasteiger charge is 2.31. The van der Waals surface area contributed by atoms with E-state index >= 15 is 0 Å². The second-order valence-electron chi connectivity index (χ2n) is 35.3. The normalized spacial score (nSPS) is 13.6. The highest BCUT2D eigenvalue weighted by molar-refractivity contribution is 7.47. The van der Waals surface area contributed by atoms with E-state index in [4.69, 9.17) is 37.0 Å². The van der Waals surface area contributed by atoms with Crippen LogP contribution in [0.1, 0.15) is 535 Å². The van der Waals surface area contributed by atoms with Gasteiger partial charge < -0.3 is 33.8 Å². The Labute approximate surface area is 715 Å². The summed E-state index contributed by atoms with van der Waals surface area (Å²) in [4.78, 5) is 73.6. The summed E-state index contributed by atoms with van der Waals surface area (Å²) in [6.07, 6.45) is 87.7. The fourth-order valence-electron chi connectivity index (χ4n) is 15.4. The number of hydrogen-bond donors (Lipinski definition) is 3. The number of phosphoric ester groups is 2. The fraction of sp³-hybridized carbons (Fsp3) is 0.959. The number of unbranched alkanes of at least 4 members (excludes halogenated alkanes) is 69. The molecular formula is C97H190O17P2. The number of phosphoric acid groups is 2. The van der Waals surface area contributed by atoms with E-state index in [1.165, 1.54) is 360 Å². The van der Waals surface area contributed by atoms with Crippen molar-refractivity contribution in [1.82, 2.24) is 0 Å². The van der Waals surface area contributed by atoms with E-state index in [0.717, 1.165) is 95.8 Å². The average Bonchev–Trinajstić information content (AvgIpc) is 0.899. The Balaban J connectivity index is 5.24. The molecule has 0 aromatic rings. The van der Waals surface area contributed by atoms with Gasteiger partial charge in [0.1, 0.15) is 19.3 Å². The van der Waals surface area contributed by atoms with E-state index in [2.05, 4.69) is 34.6 Å². The summed E-state index contributed by atoms with van der Waals surface area (Å²) in [5, 5.41) is 10.7. The average molecular weight is 1690 g/mol. The Bertz CT molecular complexity index is 2190. The van der Waals surface area contributed by atoms with E-state index in [1.807, 2.05) is 0 Å². The van der Waals surface area contributed by atoms with Crippen molar-refractivity contribution in [2.24, 2.45) is 5.92 Å². The van der Waals surface area contributed by atoms with Crippen LogP contribution in [-0.4, -0.2) is 96.7 Å². The Morgan fingerprint density at radius 3 is 0.586 bits per heavy atom. The van der Waals surface area contributed by atoms with Crippen LogP contribution in [0, 0.1) is 5.92 Å². The standard InChI is InChI=1S/C97H190O17P2/c1-6-9-12-15-18-21-24-27-29-31-33-35-36-38-44-48-53-58-63-68-73-78-83-97(102)114-93(87-108-95(100)81-76-71-66-61-56-51-46-42-40-39-41-45-50-54-59-64-69-74-79-90(4)5)89-112-116(105,106)110-85-91(98)84-109-115(103,104)111-88-92(86-107-94(99)80-75-70-65-60-55-49-26-23-20-17-14-11-8-3)113-96(101)82-77-72-67-62-57-52-47-43-37-34-32-30-28-25-22-19-16-13-10-7-2/h90-93,98H,6-89H2,1-5H3,(H,103,104)(H,105,106)/t91-,92+,93+/m0/s1. The molecule has 0 saturated carbocycles. The number of carbonyl (C=O) groups excluding carboxylic acids is 4. The van der Waals surface area contributed by atoms with Crippen molar-refractivity contribution in [3.05, 3.63) is 0 Å². The number of carbonyl (C=O) groups is 4. The fourth-order valence-corrected chi connectivity index (χ4v) is 17.0. The molecule has 0 aliphatic rings. The van der Waals surface area contributed by atoms with Crippen LogP contribution in [-0.2, 0) is 65.4 Å². The second kappa shape index (κ2) is 89.3. The van der Waals surface area contributed by atoms with E-state index in [1.54, 1.807) is 0 Å². The van der Waals surface area contributed by atoms with Crippen molar-refractivity contribution in [2.75, 3.05) is 39.6 Å². The molecule has 0 radical (unpaired) electrons. The largest absolute Gasteiger partial charge is 0.472 e. The molecule has 3 N–H and O–H groups in total. The minimum absolute atomic E-state index is 0.110. The van der Waals surface area contributed by atoms with Gasteiger partial charge in [-0.1, -0.05) is 484 Å². The molecule has 2 unspecified atom stereocenters. The SMILES string of the molecule is CCCCCCCCCCCCCCCCCCCCCCCCC(=O)O[C@H](COC(=O)CCCCCCCCCCCCCCCCCCCCC(C)C)COP(=O)(O)OC[C@@H](O)COP(=O)(O)OC[C@@H](COC(=O)CCCCCCCCCCCCCCC)OC(=O)CCCCCCCCCCCCCCCCCCCCCC. The van der Waals surface area contributed by atoms with Gasteiger partial charge in [-0.2, -0.15) is 0 Å². The first-order valence-electron chi connectivity index (χ1n) is 50.1. The van der Waals surface area contributed by atoms with Gasteiger partial charge in [0.15, 0.2) is 12.2 Å². The van der Waals surface area contributed by atoms with Gasteiger partial charge in [-0.05, 0) is 31.6 Å². The Kier molecular flexibility index (Phi) is 87.8. The Hall–Kier alpha value is -1.94. The van der Waals surface area contributed by atoms with Crippen molar-refractivity contribution < 1.29 is 80.2 Å². The van der Waals surface area contributed by atoms with Crippen LogP contribution in [0.5, 0.6) is 0 Å². The zero-order chi connectivity index (χ0) is 84.7. The topological polar surface area (TPSA) is 237 Å². The van der Waals surface area contributed by atoms with Gasteiger partial charge in [0.2, 0.25) is 0 Å². The molecule has 0 saturated heterocycles. The molecule has 0 aromatic heterocycles. The highest BCUT2D eigenvalue weighted by atomic mass is 31.2. The van der Waals surface area contributed by atoms with Gasteiger partial charge in [-0.3, -0.25) is 37.3 Å². The van der Waals surface area contributed by atoms with Crippen LogP contribution in [0.2, 0.25) is 0 Å². The third-order valence-corrected chi connectivity index (χ3v) is 24.9. The van der Waals surface area contributed by atoms with Crippen LogP contribution in [0.25, 0.3) is 0 Å². The lowest BCUT2D eigenvalue weighted by molar-refractivity contribution is -0.161. The van der Waals surface area contributed by atoms with Crippen LogP contribution in [0.4, 0.5) is 0 Å². The Morgan fingerprint density at radius 1 is 0.233 bits per heavy atom. The van der Waals surface area contributed by atoms with E-state index in [0.29, 0.717) is 25.7 Å². The molecule has 690 valence electrons. The summed E-state index contributed by atoms with van der Waals surface area (Å²) < 4.78 is 69.3. The summed E-state index contributed by atoms with van der Waals surface area (Å²) in [6, 6.07) is 0. The van der Waals surface area contributed by atoms with Crippen LogP contribution in [0.3, 0.4) is 0 Å². The molecule has 0 aliphatic heterocycles.